The standard InChI is InChI=1S/C14H24N2O/c1-4-13(15)9-10-16(2)11-12-7-5-6-8-14(12)17-3/h5-8,13H,4,9-11,15H2,1-3H3. The Bertz CT molecular complexity index is 328. The van der Waals surface area contributed by atoms with Crippen LogP contribution in [0.5, 0.6) is 5.75 Å². The van der Waals surface area contributed by atoms with Gasteiger partial charge in [-0.25, -0.2) is 0 Å². The number of nitrogens with zero attached hydrogens (tertiary/aromatic N) is 1. The third-order valence-corrected chi connectivity index (χ3v) is 3.04. The molecule has 0 saturated heterocycles. The molecule has 0 bridgehead atoms. The monoisotopic (exact) mass is 236 g/mol. The molecule has 1 aromatic rings. The highest BCUT2D eigenvalue weighted by atomic mass is 16.5. The molecule has 1 atom stereocenters. The minimum atomic E-state index is 0.315. The minimum absolute atomic E-state index is 0.315. The number of benzene rings is 1. The van der Waals surface area contributed by atoms with Crippen LogP contribution in [0, 0.1) is 0 Å². The van der Waals surface area contributed by atoms with Gasteiger partial charge in [0.05, 0.1) is 7.11 Å². The molecule has 1 unspecified atom stereocenters. The van der Waals surface area contributed by atoms with E-state index in [4.69, 9.17) is 10.5 Å². The van der Waals surface area contributed by atoms with E-state index in [-0.39, 0.29) is 0 Å². The van der Waals surface area contributed by atoms with Crippen molar-refractivity contribution in [2.75, 3.05) is 20.7 Å². The van der Waals surface area contributed by atoms with Crippen molar-refractivity contribution in [3.8, 4) is 5.75 Å². The van der Waals surface area contributed by atoms with Gasteiger partial charge in [-0.3, -0.25) is 0 Å². The van der Waals surface area contributed by atoms with Crippen molar-refractivity contribution in [2.24, 2.45) is 5.73 Å². The van der Waals surface area contributed by atoms with Crippen molar-refractivity contribution >= 4 is 0 Å². The van der Waals surface area contributed by atoms with E-state index in [2.05, 4.69) is 24.9 Å². The highest BCUT2D eigenvalue weighted by molar-refractivity contribution is 5.32. The van der Waals surface area contributed by atoms with Gasteiger partial charge in [0.15, 0.2) is 0 Å². The first kappa shape index (κ1) is 14.0. The first-order valence-corrected chi connectivity index (χ1v) is 6.23. The van der Waals surface area contributed by atoms with E-state index < -0.39 is 0 Å². The summed E-state index contributed by atoms with van der Waals surface area (Å²) in [6.07, 6.45) is 2.09. The van der Waals surface area contributed by atoms with Gasteiger partial charge in [-0.2, -0.15) is 0 Å². The molecule has 3 heteroatoms. The van der Waals surface area contributed by atoms with Crippen molar-refractivity contribution in [1.82, 2.24) is 4.90 Å². The van der Waals surface area contributed by atoms with E-state index in [1.807, 2.05) is 18.2 Å². The van der Waals surface area contributed by atoms with Crippen LogP contribution in [0.25, 0.3) is 0 Å². The van der Waals surface area contributed by atoms with Crippen molar-refractivity contribution < 1.29 is 4.74 Å². The second kappa shape index (κ2) is 7.30. The van der Waals surface area contributed by atoms with Crippen molar-refractivity contribution in [3.05, 3.63) is 29.8 Å². The summed E-state index contributed by atoms with van der Waals surface area (Å²) in [5.41, 5.74) is 7.14. The van der Waals surface area contributed by atoms with Gasteiger partial charge in [-0.1, -0.05) is 25.1 Å². The van der Waals surface area contributed by atoms with Crippen LogP contribution in [0.1, 0.15) is 25.3 Å². The van der Waals surface area contributed by atoms with Gasteiger partial charge in [0.2, 0.25) is 0 Å². The lowest BCUT2D eigenvalue weighted by molar-refractivity contribution is 0.302. The molecule has 0 aliphatic carbocycles. The Morgan fingerprint density at radius 2 is 2.06 bits per heavy atom. The van der Waals surface area contributed by atoms with E-state index in [0.717, 1.165) is 31.7 Å². The topological polar surface area (TPSA) is 38.5 Å². The fourth-order valence-corrected chi connectivity index (χ4v) is 1.79. The minimum Gasteiger partial charge on any atom is -0.496 e. The van der Waals surface area contributed by atoms with E-state index in [1.54, 1.807) is 7.11 Å². The third-order valence-electron chi connectivity index (χ3n) is 3.04. The fraction of sp³-hybridized carbons (Fsp3) is 0.571. The zero-order valence-corrected chi connectivity index (χ0v) is 11.1. The van der Waals surface area contributed by atoms with Gasteiger partial charge in [-0.15, -0.1) is 0 Å². The summed E-state index contributed by atoms with van der Waals surface area (Å²) in [7, 11) is 3.83. The molecule has 0 heterocycles. The lowest BCUT2D eigenvalue weighted by Crippen LogP contribution is -2.27. The molecule has 0 spiro atoms. The van der Waals surface area contributed by atoms with Crippen LogP contribution in [-0.2, 0) is 6.54 Å². The largest absolute Gasteiger partial charge is 0.496 e. The van der Waals surface area contributed by atoms with Crippen molar-refractivity contribution in [3.63, 3.8) is 0 Å². The Labute approximate surface area is 105 Å². The molecule has 1 aromatic carbocycles. The third kappa shape index (κ3) is 4.75. The molecule has 0 aliphatic heterocycles. The molecule has 0 fully saturated rings. The molecule has 0 radical (unpaired) electrons. The van der Waals surface area contributed by atoms with Gasteiger partial charge in [-0.05, 0) is 32.5 Å². The number of ether oxygens (including phenoxy) is 1. The molecular weight excluding hydrogens is 212 g/mol. The Kier molecular flexibility index (Phi) is 6.01. The van der Waals surface area contributed by atoms with Crippen LogP contribution in [0.3, 0.4) is 0 Å². The molecular formula is C14H24N2O. The number of nitrogens with two attached hydrogens (primary N) is 1. The Morgan fingerprint density at radius 1 is 1.35 bits per heavy atom. The Balaban J connectivity index is 2.47. The maximum Gasteiger partial charge on any atom is 0.123 e. The normalized spacial score (nSPS) is 12.8. The van der Waals surface area contributed by atoms with Crippen LogP contribution in [-0.4, -0.2) is 31.6 Å². The first-order chi connectivity index (χ1) is 8.17. The van der Waals surface area contributed by atoms with Crippen LogP contribution in [0.4, 0.5) is 0 Å². The molecule has 96 valence electrons. The molecule has 17 heavy (non-hydrogen) atoms. The number of rotatable bonds is 7. The Hall–Kier alpha value is -1.06. The summed E-state index contributed by atoms with van der Waals surface area (Å²) < 4.78 is 5.34. The lowest BCUT2D eigenvalue weighted by Gasteiger charge is -2.20. The van der Waals surface area contributed by atoms with Gasteiger partial charge in [0.25, 0.3) is 0 Å². The Morgan fingerprint density at radius 3 is 2.71 bits per heavy atom. The summed E-state index contributed by atoms with van der Waals surface area (Å²) >= 11 is 0. The summed E-state index contributed by atoms with van der Waals surface area (Å²) in [6.45, 7) is 4.05. The quantitative estimate of drug-likeness (QED) is 0.789. The summed E-state index contributed by atoms with van der Waals surface area (Å²) in [6, 6.07) is 8.46. The maximum atomic E-state index is 5.92. The smallest absolute Gasteiger partial charge is 0.123 e. The molecule has 3 nitrogen and oxygen atoms in total. The highest BCUT2D eigenvalue weighted by Gasteiger charge is 2.07. The van der Waals surface area contributed by atoms with Crippen molar-refractivity contribution in [1.29, 1.82) is 0 Å². The molecule has 1 rings (SSSR count). The average molecular weight is 236 g/mol. The number of para-hydroxylation sites is 1. The average Bonchev–Trinajstić information content (AvgIpc) is 2.36. The van der Waals surface area contributed by atoms with E-state index in [0.29, 0.717) is 6.04 Å². The van der Waals surface area contributed by atoms with Crippen LogP contribution in [0.2, 0.25) is 0 Å². The molecule has 2 N–H and O–H groups in total. The van der Waals surface area contributed by atoms with Crippen LogP contribution >= 0.6 is 0 Å². The van der Waals surface area contributed by atoms with Crippen LogP contribution < -0.4 is 10.5 Å². The highest BCUT2D eigenvalue weighted by Crippen LogP contribution is 2.18. The predicted octanol–water partition coefficient (Wildman–Crippen LogP) is 2.25. The number of methoxy groups -OCH3 is 1. The molecule has 0 aromatic heterocycles. The van der Waals surface area contributed by atoms with Crippen LogP contribution in [0.15, 0.2) is 24.3 Å². The summed E-state index contributed by atoms with van der Waals surface area (Å²) in [4.78, 5) is 2.29. The van der Waals surface area contributed by atoms with E-state index in [9.17, 15) is 0 Å². The lowest BCUT2D eigenvalue weighted by atomic mass is 10.1. The van der Waals surface area contributed by atoms with Gasteiger partial charge < -0.3 is 15.4 Å². The molecule has 0 amide bonds. The van der Waals surface area contributed by atoms with E-state index in [1.165, 1.54) is 5.56 Å². The first-order valence-electron chi connectivity index (χ1n) is 6.23. The summed E-state index contributed by atoms with van der Waals surface area (Å²) in [5.74, 6) is 0.958. The zero-order valence-electron chi connectivity index (χ0n) is 11.1. The summed E-state index contributed by atoms with van der Waals surface area (Å²) in [5, 5.41) is 0. The van der Waals surface area contributed by atoms with Crippen molar-refractivity contribution in [2.45, 2.75) is 32.4 Å². The predicted molar refractivity (Wildman–Crippen MR) is 72.2 cm³/mol. The van der Waals surface area contributed by atoms with E-state index >= 15 is 0 Å². The number of hydrogen-bond donors (Lipinski definition) is 1. The van der Waals surface area contributed by atoms with Gasteiger partial charge in [0, 0.05) is 18.2 Å². The fourth-order valence-electron chi connectivity index (χ4n) is 1.79. The SMILES string of the molecule is CCC(N)CCN(C)Cc1ccccc1OC. The number of hydrogen-bond acceptors (Lipinski definition) is 3. The second-order valence-corrected chi connectivity index (χ2v) is 4.51. The maximum absolute atomic E-state index is 5.92. The molecule has 0 saturated carbocycles. The molecule has 0 aliphatic rings. The second-order valence-electron chi connectivity index (χ2n) is 4.51. The zero-order chi connectivity index (χ0) is 12.7. The van der Waals surface area contributed by atoms with Gasteiger partial charge >= 0.3 is 0 Å². The van der Waals surface area contributed by atoms with Gasteiger partial charge in [0.1, 0.15) is 5.75 Å².